The molecule has 0 amide bonds. The van der Waals surface area contributed by atoms with Gasteiger partial charge in [0.2, 0.25) is 15.8 Å². The first-order valence-corrected chi connectivity index (χ1v) is 16.7. The number of carbonyl (C=O) groups excluding carboxylic acids is 1. The fraction of sp³-hybridized carbons (Fsp3) is 0.121. The fourth-order valence-corrected chi connectivity index (χ4v) is 8.47. The standard InChI is InChI=1S/C33H25F3N2O5S2/c34-33(35,36)25-17-15-23(16-18-25)21-24-22-37(44(40,41)26-9-3-1-4-10-26)20-19-29-28-13-7-8-14-30(28)38(31(29)32(24)39)45(42,43)27-11-5-2-6-12-27/h1-18,21H,19-20,22H2/b24-21+. The summed E-state index contributed by atoms with van der Waals surface area (Å²) in [6.07, 6.45) is -3.25. The predicted octanol–water partition coefficient (Wildman–Crippen LogP) is 6.41. The van der Waals surface area contributed by atoms with Crippen LogP contribution in [0, 0.1) is 0 Å². The number of sulfonamides is 1. The number of Topliss-reactive ketones (excluding diaryl/α,β-unsaturated/α-hetero) is 1. The van der Waals surface area contributed by atoms with Gasteiger partial charge in [0.05, 0.1) is 20.9 Å². The number of aromatic nitrogens is 1. The lowest BCUT2D eigenvalue weighted by Gasteiger charge is -2.26. The molecule has 1 aromatic heterocycles. The van der Waals surface area contributed by atoms with E-state index in [-0.39, 0.29) is 45.1 Å². The lowest BCUT2D eigenvalue weighted by Crippen LogP contribution is -2.38. The molecule has 2 heterocycles. The van der Waals surface area contributed by atoms with Crippen LogP contribution in [0.5, 0.6) is 0 Å². The number of hydrogen-bond donors (Lipinski definition) is 0. The number of carbonyl (C=O) groups is 1. The number of rotatable bonds is 5. The minimum Gasteiger partial charge on any atom is -0.287 e. The van der Waals surface area contributed by atoms with Gasteiger partial charge in [-0.2, -0.15) is 17.5 Å². The largest absolute Gasteiger partial charge is 0.416 e. The first-order chi connectivity index (χ1) is 21.4. The van der Waals surface area contributed by atoms with Gasteiger partial charge in [-0.15, -0.1) is 0 Å². The van der Waals surface area contributed by atoms with Crippen molar-refractivity contribution in [3.63, 3.8) is 0 Å². The molecule has 0 aliphatic carbocycles. The lowest BCUT2D eigenvalue weighted by molar-refractivity contribution is -0.137. The van der Waals surface area contributed by atoms with Gasteiger partial charge < -0.3 is 0 Å². The van der Waals surface area contributed by atoms with E-state index < -0.39 is 44.1 Å². The fourth-order valence-electron chi connectivity index (χ4n) is 5.46. The van der Waals surface area contributed by atoms with E-state index in [9.17, 15) is 34.8 Å². The third-order valence-electron chi connectivity index (χ3n) is 7.64. The van der Waals surface area contributed by atoms with Crippen molar-refractivity contribution in [2.24, 2.45) is 0 Å². The Bertz CT molecular complexity index is 2160. The van der Waals surface area contributed by atoms with Crippen LogP contribution in [0.1, 0.15) is 27.2 Å². The van der Waals surface area contributed by atoms with Gasteiger partial charge in [0.15, 0.2) is 0 Å². The molecule has 5 aromatic rings. The van der Waals surface area contributed by atoms with Gasteiger partial charge in [-0.3, -0.25) is 4.79 Å². The Hall–Kier alpha value is -4.52. The minimum absolute atomic E-state index is 0.00112. The molecule has 4 aromatic carbocycles. The van der Waals surface area contributed by atoms with Crippen LogP contribution in [0.4, 0.5) is 13.2 Å². The van der Waals surface area contributed by atoms with Crippen molar-refractivity contribution in [3.8, 4) is 0 Å². The number of halogens is 3. The van der Waals surface area contributed by atoms with Crippen LogP contribution in [0.2, 0.25) is 0 Å². The molecule has 0 fully saturated rings. The van der Waals surface area contributed by atoms with Crippen molar-refractivity contribution in [2.45, 2.75) is 22.4 Å². The second-order valence-electron chi connectivity index (χ2n) is 10.4. The molecular weight excluding hydrogens is 626 g/mol. The van der Waals surface area contributed by atoms with Gasteiger partial charge in [0, 0.05) is 24.0 Å². The van der Waals surface area contributed by atoms with Gasteiger partial charge in [-0.05, 0) is 66.1 Å². The van der Waals surface area contributed by atoms with Crippen molar-refractivity contribution in [1.82, 2.24) is 8.28 Å². The first-order valence-electron chi connectivity index (χ1n) is 13.8. The average molecular weight is 651 g/mol. The van der Waals surface area contributed by atoms with Crippen molar-refractivity contribution in [1.29, 1.82) is 0 Å². The number of hydrogen-bond acceptors (Lipinski definition) is 5. The van der Waals surface area contributed by atoms with E-state index in [1.54, 1.807) is 60.7 Å². The SMILES string of the molecule is O=C1/C(=C/c2ccc(C(F)(F)F)cc2)CN(S(=O)(=O)c2ccccc2)CCc2c1n(S(=O)(=O)c1ccccc1)c1ccccc21. The maximum atomic E-state index is 14.5. The maximum Gasteiger partial charge on any atom is 0.416 e. The number of alkyl halides is 3. The monoisotopic (exact) mass is 650 g/mol. The molecule has 0 atom stereocenters. The summed E-state index contributed by atoms with van der Waals surface area (Å²) in [4.78, 5) is 14.5. The number of benzene rings is 4. The molecule has 0 spiro atoms. The van der Waals surface area contributed by atoms with Gasteiger partial charge >= 0.3 is 6.18 Å². The predicted molar refractivity (Wildman–Crippen MR) is 164 cm³/mol. The van der Waals surface area contributed by atoms with Crippen LogP contribution in [-0.4, -0.2) is 44.0 Å². The van der Waals surface area contributed by atoms with E-state index in [0.717, 1.165) is 20.4 Å². The Kier molecular flexibility index (Phi) is 7.76. The van der Waals surface area contributed by atoms with Crippen molar-refractivity contribution in [2.75, 3.05) is 13.1 Å². The van der Waals surface area contributed by atoms with Crippen molar-refractivity contribution in [3.05, 3.63) is 137 Å². The van der Waals surface area contributed by atoms with Crippen molar-refractivity contribution >= 4 is 42.8 Å². The van der Waals surface area contributed by atoms with E-state index >= 15 is 0 Å². The normalized spacial score (nSPS) is 16.0. The highest BCUT2D eigenvalue weighted by molar-refractivity contribution is 7.90. The smallest absolute Gasteiger partial charge is 0.287 e. The Morgan fingerprint density at radius 3 is 1.84 bits per heavy atom. The second kappa shape index (κ2) is 11.4. The number of ketones is 1. The van der Waals surface area contributed by atoms with E-state index in [4.69, 9.17) is 0 Å². The summed E-state index contributed by atoms with van der Waals surface area (Å²) >= 11 is 0. The van der Waals surface area contributed by atoms with E-state index in [0.29, 0.717) is 10.9 Å². The van der Waals surface area contributed by atoms with E-state index in [1.165, 1.54) is 42.5 Å². The highest BCUT2D eigenvalue weighted by Crippen LogP contribution is 2.35. The lowest BCUT2D eigenvalue weighted by atomic mass is 9.97. The summed E-state index contributed by atoms with van der Waals surface area (Å²) in [7, 11) is -8.45. The van der Waals surface area contributed by atoms with Crippen LogP contribution in [0.25, 0.3) is 17.0 Å². The van der Waals surface area contributed by atoms with Crippen LogP contribution in [0.15, 0.2) is 125 Å². The molecule has 6 rings (SSSR count). The van der Waals surface area contributed by atoms with Crippen LogP contribution < -0.4 is 0 Å². The number of nitrogens with zero attached hydrogens (tertiary/aromatic N) is 2. The molecule has 7 nitrogen and oxygen atoms in total. The van der Waals surface area contributed by atoms with Gasteiger partial charge in [-0.1, -0.05) is 66.7 Å². The zero-order valence-electron chi connectivity index (χ0n) is 23.5. The van der Waals surface area contributed by atoms with Gasteiger partial charge in [0.1, 0.15) is 5.69 Å². The third-order valence-corrected chi connectivity index (χ3v) is 11.2. The second-order valence-corrected chi connectivity index (χ2v) is 14.2. The summed E-state index contributed by atoms with van der Waals surface area (Å²) in [6.45, 7) is -0.537. The minimum atomic E-state index is -4.58. The molecule has 0 saturated carbocycles. The van der Waals surface area contributed by atoms with Crippen molar-refractivity contribution < 1.29 is 34.8 Å². The van der Waals surface area contributed by atoms with Crippen LogP contribution >= 0.6 is 0 Å². The molecule has 0 N–H and O–H groups in total. The summed E-state index contributed by atoms with van der Waals surface area (Å²) in [5, 5.41) is 0.466. The van der Waals surface area contributed by atoms with Gasteiger partial charge in [0.25, 0.3) is 10.0 Å². The number of fused-ring (bicyclic) bond motifs is 3. The molecule has 12 heteroatoms. The zero-order chi connectivity index (χ0) is 32.0. The van der Waals surface area contributed by atoms with E-state index in [2.05, 4.69) is 0 Å². The topological polar surface area (TPSA) is 93.5 Å². The highest BCUT2D eigenvalue weighted by atomic mass is 32.2. The molecule has 1 aliphatic heterocycles. The summed E-state index contributed by atoms with van der Waals surface area (Å²) in [6, 6.07) is 25.9. The quantitative estimate of drug-likeness (QED) is 0.205. The summed E-state index contributed by atoms with van der Waals surface area (Å²) in [5.41, 5.74) is -0.343. The number of para-hydroxylation sites is 1. The first kappa shape index (κ1) is 30.5. The molecular formula is C33H25F3N2O5S2. The Morgan fingerprint density at radius 1 is 0.689 bits per heavy atom. The van der Waals surface area contributed by atoms with Crippen LogP contribution in [-0.2, 0) is 32.6 Å². The Labute approximate surface area is 258 Å². The third kappa shape index (κ3) is 5.60. The van der Waals surface area contributed by atoms with E-state index in [1.807, 2.05) is 0 Å². The average Bonchev–Trinajstić information content (AvgIpc) is 3.36. The molecule has 45 heavy (non-hydrogen) atoms. The summed E-state index contributed by atoms with van der Waals surface area (Å²) < 4.78 is 97.7. The van der Waals surface area contributed by atoms with Gasteiger partial charge in [-0.25, -0.2) is 20.8 Å². The molecule has 0 radical (unpaired) electrons. The molecule has 0 saturated heterocycles. The molecule has 230 valence electrons. The Balaban J connectivity index is 1.59. The molecule has 1 aliphatic rings. The Morgan fingerprint density at radius 2 is 1.24 bits per heavy atom. The summed E-state index contributed by atoms with van der Waals surface area (Å²) in [5.74, 6) is -0.756. The maximum absolute atomic E-state index is 14.5. The zero-order valence-corrected chi connectivity index (χ0v) is 25.1. The highest BCUT2D eigenvalue weighted by Gasteiger charge is 2.36. The molecule has 0 unspecified atom stereocenters. The van der Waals surface area contributed by atoms with Crippen LogP contribution in [0.3, 0.4) is 0 Å². The molecule has 0 bridgehead atoms.